The first-order valence-corrected chi connectivity index (χ1v) is 5.25. The van der Waals surface area contributed by atoms with Crippen LogP contribution in [0.1, 0.15) is 10.4 Å². The first-order valence-electron chi connectivity index (χ1n) is 5.25. The van der Waals surface area contributed by atoms with Crippen LogP contribution >= 0.6 is 0 Å². The van der Waals surface area contributed by atoms with Gasteiger partial charge in [-0.2, -0.15) is 5.10 Å². The molecule has 0 aliphatic heterocycles. The van der Waals surface area contributed by atoms with E-state index in [0.717, 1.165) is 0 Å². The van der Waals surface area contributed by atoms with E-state index in [2.05, 4.69) is 10.4 Å². The summed E-state index contributed by atoms with van der Waals surface area (Å²) in [6.45, 7) is 0. The predicted molar refractivity (Wildman–Crippen MR) is 66.5 cm³/mol. The molecule has 1 heterocycles. The molecular formula is C11H10N4O4. The number of benzene rings is 1. The van der Waals surface area contributed by atoms with E-state index in [1.54, 1.807) is 13.2 Å². The molecule has 2 N–H and O–H groups in total. The average Bonchev–Trinajstić information content (AvgIpc) is 2.74. The molecule has 0 aliphatic rings. The number of para-hydroxylation sites is 1. The molecule has 0 saturated carbocycles. The Hall–Kier alpha value is -2.90. The molecule has 0 fully saturated rings. The van der Waals surface area contributed by atoms with Crippen molar-refractivity contribution in [1.29, 1.82) is 0 Å². The van der Waals surface area contributed by atoms with Crippen molar-refractivity contribution in [3.8, 4) is 0 Å². The maximum absolute atomic E-state index is 11.0. The number of carboxylic acid groups (broad SMARTS) is 1. The smallest absolute Gasteiger partial charge is 0.342 e. The number of aromatic carboxylic acids is 1. The van der Waals surface area contributed by atoms with Crippen molar-refractivity contribution < 1.29 is 14.8 Å². The van der Waals surface area contributed by atoms with E-state index in [9.17, 15) is 14.9 Å². The van der Waals surface area contributed by atoms with Gasteiger partial charge in [0.15, 0.2) is 0 Å². The van der Waals surface area contributed by atoms with Crippen LogP contribution in [0.25, 0.3) is 0 Å². The molecule has 0 spiro atoms. The van der Waals surface area contributed by atoms with Crippen molar-refractivity contribution in [2.24, 2.45) is 7.05 Å². The van der Waals surface area contributed by atoms with E-state index in [1.165, 1.54) is 29.1 Å². The Morgan fingerprint density at radius 3 is 2.79 bits per heavy atom. The highest BCUT2D eigenvalue weighted by molar-refractivity contribution is 5.96. The third-order valence-electron chi connectivity index (χ3n) is 2.43. The van der Waals surface area contributed by atoms with Gasteiger partial charge >= 0.3 is 11.7 Å². The van der Waals surface area contributed by atoms with Crippen LogP contribution in [0.3, 0.4) is 0 Å². The Labute approximate surface area is 107 Å². The summed E-state index contributed by atoms with van der Waals surface area (Å²) in [5.41, 5.74) is -0.191. The van der Waals surface area contributed by atoms with Gasteiger partial charge in [0.05, 0.1) is 16.8 Å². The molecule has 8 nitrogen and oxygen atoms in total. The molecule has 0 bridgehead atoms. The van der Waals surface area contributed by atoms with Crippen LogP contribution in [0.5, 0.6) is 0 Å². The minimum Gasteiger partial charge on any atom is -0.477 e. The summed E-state index contributed by atoms with van der Waals surface area (Å²) in [6, 6.07) is 4.07. The van der Waals surface area contributed by atoms with Gasteiger partial charge in [0, 0.05) is 13.2 Å². The summed E-state index contributed by atoms with van der Waals surface area (Å²) in [5, 5.41) is 26.7. The van der Waals surface area contributed by atoms with Crippen LogP contribution in [-0.4, -0.2) is 25.8 Å². The van der Waals surface area contributed by atoms with Crippen molar-refractivity contribution in [2.75, 3.05) is 5.32 Å². The maximum atomic E-state index is 11.0. The van der Waals surface area contributed by atoms with Crippen LogP contribution in [0.15, 0.2) is 30.6 Å². The molecule has 2 rings (SSSR count). The number of carboxylic acids is 1. The largest absolute Gasteiger partial charge is 0.477 e. The molecule has 1 aromatic heterocycles. The van der Waals surface area contributed by atoms with Crippen LogP contribution in [0.2, 0.25) is 0 Å². The number of hydrogen-bond donors (Lipinski definition) is 2. The van der Waals surface area contributed by atoms with Gasteiger partial charge < -0.3 is 10.4 Å². The number of aryl methyl sites for hydroxylation is 1. The fourth-order valence-corrected chi connectivity index (χ4v) is 1.65. The monoisotopic (exact) mass is 262 g/mol. The molecule has 2 aromatic rings. The van der Waals surface area contributed by atoms with Gasteiger partial charge in [-0.15, -0.1) is 0 Å². The van der Waals surface area contributed by atoms with Crippen molar-refractivity contribution in [3.05, 3.63) is 46.3 Å². The normalized spacial score (nSPS) is 10.2. The highest BCUT2D eigenvalue weighted by Crippen LogP contribution is 2.30. The number of carbonyl (C=O) groups is 1. The number of nitrogens with zero attached hydrogens (tertiary/aromatic N) is 3. The molecule has 8 heteroatoms. The summed E-state index contributed by atoms with van der Waals surface area (Å²) in [5.74, 6) is -1.35. The molecule has 0 unspecified atom stereocenters. The maximum Gasteiger partial charge on any atom is 0.342 e. The van der Waals surface area contributed by atoms with Gasteiger partial charge in [-0.05, 0) is 12.1 Å². The first kappa shape index (κ1) is 12.6. The molecule has 98 valence electrons. The van der Waals surface area contributed by atoms with E-state index >= 15 is 0 Å². The summed E-state index contributed by atoms with van der Waals surface area (Å²) in [4.78, 5) is 21.3. The Morgan fingerprint density at radius 1 is 1.53 bits per heavy atom. The van der Waals surface area contributed by atoms with Crippen molar-refractivity contribution >= 4 is 23.0 Å². The number of rotatable bonds is 4. The van der Waals surface area contributed by atoms with Crippen LogP contribution in [0, 0.1) is 10.1 Å². The lowest BCUT2D eigenvalue weighted by Crippen LogP contribution is -2.05. The highest BCUT2D eigenvalue weighted by Gasteiger charge is 2.24. The highest BCUT2D eigenvalue weighted by atomic mass is 16.6. The molecule has 0 aliphatic carbocycles. The number of nitro groups is 1. The van der Waals surface area contributed by atoms with Crippen LogP contribution in [0.4, 0.5) is 17.1 Å². The fraction of sp³-hybridized carbons (Fsp3) is 0.0909. The Balaban J connectivity index is 2.47. The van der Waals surface area contributed by atoms with E-state index in [0.29, 0.717) is 5.69 Å². The van der Waals surface area contributed by atoms with Crippen LogP contribution in [-0.2, 0) is 7.05 Å². The second-order valence-electron chi connectivity index (χ2n) is 3.79. The number of aromatic nitrogens is 2. The minimum absolute atomic E-state index is 0.109. The Morgan fingerprint density at radius 2 is 2.26 bits per heavy atom. The quantitative estimate of drug-likeness (QED) is 0.641. The average molecular weight is 262 g/mol. The van der Waals surface area contributed by atoms with E-state index in [1.807, 2.05) is 0 Å². The molecule has 0 amide bonds. The lowest BCUT2D eigenvalue weighted by Gasteiger charge is -2.06. The zero-order chi connectivity index (χ0) is 14.0. The van der Waals surface area contributed by atoms with Crippen molar-refractivity contribution in [3.63, 3.8) is 0 Å². The first-order chi connectivity index (χ1) is 8.99. The van der Waals surface area contributed by atoms with E-state index < -0.39 is 16.6 Å². The van der Waals surface area contributed by atoms with Crippen LogP contribution < -0.4 is 5.32 Å². The third-order valence-corrected chi connectivity index (χ3v) is 2.43. The zero-order valence-electron chi connectivity index (χ0n) is 9.90. The molecule has 19 heavy (non-hydrogen) atoms. The number of nitro benzene ring substituents is 1. The fourth-order valence-electron chi connectivity index (χ4n) is 1.65. The molecule has 0 atom stereocenters. The second-order valence-corrected chi connectivity index (χ2v) is 3.79. The Kier molecular flexibility index (Phi) is 3.15. The summed E-state index contributed by atoms with van der Waals surface area (Å²) >= 11 is 0. The van der Waals surface area contributed by atoms with E-state index in [4.69, 9.17) is 5.11 Å². The van der Waals surface area contributed by atoms with Crippen molar-refractivity contribution in [1.82, 2.24) is 9.78 Å². The number of hydrogen-bond acceptors (Lipinski definition) is 5. The lowest BCUT2D eigenvalue weighted by atomic mass is 10.1. The Bertz CT molecular complexity index is 650. The van der Waals surface area contributed by atoms with Gasteiger partial charge in [-0.3, -0.25) is 14.8 Å². The van der Waals surface area contributed by atoms with Gasteiger partial charge in [0.1, 0.15) is 11.3 Å². The summed E-state index contributed by atoms with van der Waals surface area (Å²) < 4.78 is 1.52. The number of anilines is 2. The molecule has 1 aromatic carbocycles. The van der Waals surface area contributed by atoms with E-state index in [-0.39, 0.29) is 11.3 Å². The standard InChI is InChI=1S/C11H10N4O4/c1-14-6-7(5-12-14)13-9-4-2-3-8(11(16)17)10(9)15(18)19/h2-6,13H,1H3,(H,16,17). The topological polar surface area (TPSA) is 110 Å². The number of nitrogens with one attached hydrogen (secondary N) is 1. The molecule has 0 radical (unpaired) electrons. The SMILES string of the molecule is Cn1cc(Nc2cccc(C(=O)O)c2[N+](=O)[O-])cn1. The lowest BCUT2D eigenvalue weighted by molar-refractivity contribution is -0.384. The van der Waals surface area contributed by atoms with Crippen molar-refractivity contribution in [2.45, 2.75) is 0 Å². The van der Waals surface area contributed by atoms with Gasteiger partial charge in [0.25, 0.3) is 0 Å². The van der Waals surface area contributed by atoms with Gasteiger partial charge in [-0.25, -0.2) is 4.79 Å². The summed E-state index contributed by atoms with van der Waals surface area (Å²) in [7, 11) is 1.70. The molecule has 0 saturated heterocycles. The van der Waals surface area contributed by atoms with Gasteiger partial charge in [0.2, 0.25) is 0 Å². The summed E-state index contributed by atoms with van der Waals surface area (Å²) in [6.07, 6.45) is 3.11. The van der Waals surface area contributed by atoms with Gasteiger partial charge in [-0.1, -0.05) is 6.07 Å². The second kappa shape index (κ2) is 4.77. The zero-order valence-corrected chi connectivity index (χ0v) is 9.90. The third kappa shape index (κ3) is 2.51. The predicted octanol–water partition coefficient (Wildman–Crippen LogP) is 1.77. The minimum atomic E-state index is -1.35. The molecular weight excluding hydrogens is 252 g/mol.